The molecule has 0 aliphatic rings. The molecule has 2 atom stereocenters. The summed E-state index contributed by atoms with van der Waals surface area (Å²) < 4.78 is 0. The van der Waals surface area contributed by atoms with Crippen molar-refractivity contribution in [3.8, 4) is 0 Å². The number of rotatable bonds is 8. The fraction of sp³-hybridized carbons (Fsp3) is 0.818. The van der Waals surface area contributed by atoms with Crippen molar-refractivity contribution < 1.29 is 0 Å². The summed E-state index contributed by atoms with van der Waals surface area (Å²) in [6, 6.07) is 0.472. The van der Waals surface area contributed by atoms with Crippen LogP contribution < -0.4 is 11.3 Å². The molecular formula is C11H24N2. The summed E-state index contributed by atoms with van der Waals surface area (Å²) in [6.45, 7) is 8.19. The Morgan fingerprint density at radius 2 is 2.15 bits per heavy atom. The van der Waals surface area contributed by atoms with Crippen LogP contribution in [-0.2, 0) is 0 Å². The predicted octanol–water partition coefficient (Wildman–Crippen LogP) is 2.61. The van der Waals surface area contributed by atoms with Gasteiger partial charge in [-0.3, -0.25) is 11.3 Å². The van der Waals surface area contributed by atoms with E-state index in [-0.39, 0.29) is 0 Å². The van der Waals surface area contributed by atoms with Gasteiger partial charge < -0.3 is 0 Å². The second kappa shape index (κ2) is 8.27. The van der Waals surface area contributed by atoms with Crippen molar-refractivity contribution in [1.82, 2.24) is 5.43 Å². The maximum atomic E-state index is 5.51. The van der Waals surface area contributed by atoms with Crippen LogP contribution in [-0.4, -0.2) is 6.04 Å². The number of nitrogens with one attached hydrogen (secondary N) is 1. The maximum Gasteiger partial charge on any atom is 0.0236 e. The first-order chi connectivity index (χ1) is 6.26. The Morgan fingerprint density at radius 1 is 1.46 bits per heavy atom. The monoisotopic (exact) mass is 184 g/mol. The average Bonchev–Trinajstić information content (AvgIpc) is 2.13. The Morgan fingerprint density at radius 3 is 2.62 bits per heavy atom. The second-order valence-electron chi connectivity index (χ2n) is 3.76. The minimum atomic E-state index is 0.472. The van der Waals surface area contributed by atoms with Gasteiger partial charge >= 0.3 is 0 Å². The van der Waals surface area contributed by atoms with Gasteiger partial charge in [0.15, 0.2) is 0 Å². The predicted molar refractivity (Wildman–Crippen MR) is 59.2 cm³/mol. The number of hydrogen-bond donors (Lipinski definition) is 2. The number of hydrazine groups is 1. The van der Waals surface area contributed by atoms with Gasteiger partial charge in [-0.1, -0.05) is 26.3 Å². The lowest BCUT2D eigenvalue weighted by molar-refractivity contribution is 0.336. The Bertz CT molecular complexity index is 123. The van der Waals surface area contributed by atoms with Crippen LogP contribution in [0, 0.1) is 5.92 Å². The summed E-state index contributed by atoms with van der Waals surface area (Å²) in [4.78, 5) is 0. The van der Waals surface area contributed by atoms with Crippen LogP contribution in [0.15, 0.2) is 12.7 Å². The summed E-state index contributed by atoms with van der Waals surface area (Å²) in [5.74, 6) is 6.19. The highest BCUT2D eigenvalue weighted by atomic mass is 15.2. The molecule has 0 aromatic rings. The van der Waals surface area contributed by atoms with Crippen molar-refractivity contribution in [2.24, 2.45) is 11.8 Å². The summed E-state index contributed by atoms with van der Waals surface area (Å²) >= 11 is 0. The van der Waals surface area contributed by atoms with E-state index in [2.05, 4.69) is 25.9 Å². The van der Waals surface area contributed by atoms with Gasteiger partial charge in [0.05, 0.1) is 0 Å². The van der Waals surface area contributed by atoms with Crippen LogP contribution >= 0.6 is 0 Å². The van der Waals surface area contributed by atoms with E-state index in [0.717, 1.165) is 12.8 Å². The summed E-state index contributed by atoms with van der Waals surface area (Å²) in [7, 11) is 0. The first-order valence-electron chi connectivity index (χ1n) is 5.33. The molecule has 0 aliphatic carbocycles. The molecule has 2 unspecified atom stereocenters. The molecule has 78 valence electrons. The van der Waals surface area contributed by atoms with Gasteiger partial charge in [-0.05, 0) is 31.6 Å². The molecule has 0 saturated heterocycles. The summed E-state index contributed by atoms with van der Waals surface area (Å²) in [6.07, 6.45) is 7.90. The third kappa shape index (κ3) is 5.83. The van der Waals surface area contributed by atoms with E-state index >= 15 is 0 Å². The molecule has 0 bridgehead atoms. The van der Waals surface area contributed by atoms with Gasteiger partial charge in [0, 0.05) is 6.04 Å². The molecule has 0 amide bonds. The standard InChI is InChI=1S/C11H24N2/c1-4-6-7-9-11(13-12)10(3)8-5-2/h4,10-11,13H,1,5-9,12H2,2-3H3. The number of hydrogen-bond acceptors (Lipinski definition) is 2. The largest absolute Gasteiger partial charge is 0.271 e. The molecule has 0 radical (unpaired) electrons. The Labute approximate surface area is 82.6 Å². The zero-order chi connectivity index (χ0) is 10.1. The normalized spacial score (nSPS) is 15.3. The smallest absolute Gasteiger partial charge is 0.0236 e. The topological polar surface area (TPSA) is 38.0 Å². The number of unbranched alkanes of at least 4 members (excludes halogenated alkanes) is 1. The lowest BCUT2D eigenvalue weighted by atomic mass is 9.93. The van der Waals surface area contributed by atoms with E-state index in [1.807, 2.05) is 6.08 Å². The van der Waals surface area contributed by atoms with Gasteiger partial charge in [-0.15, -0.1) is 6.58 Å². The van der Waals surface area contributed by atoms with Crippen molar-refractivity contribution in [2.45, 2.75) is 52.0 Å². The van der Waals surface area contributed by atoms with E-state index in [1.165, 1.54) is 19.3 Å². The quantitative estimate of drug-likeness (QED) is 0.263. The highest BCUT2D eigenvalue weighted by Crippen LogP contribution is 2.15. The van der Waals surface area contributed by atoms with Gasteiger partial charge in [0.1, 0.15) is 0 Å². The minimum absolute atomic E-state index is 0.472. The van der Waals surface area contributed by atoms with Gasteiger partial charge in [-0.2, -0.15) is 0 Å². The second-order valence-corrected chi connectivity index (χ2v) is 3.76. The van der Waals surface area contributed by atoms with Crippen molar-refractivity contribution >= 4 is 0 Å². The highest BCUT2D eigenvalue weighted by Gasteiger charge is 2.13. The molecule has 0 aliphatic heterocycles. The molecule has 0 heterocycles. The molecule has 0 saturated carbocycles. The van der Waals surface area contributed by atoms with Gasteiger partial charge in [-0.25, -0.2) is 0 Å². The van der Waals surface area contributed by atoms with Crippen molar-refractivity contribution in [2.75, 3.05) is 0 Å². The fourth-order valence-corrected chi connectivity index (χ4v) is 1.67. The molecule has 0 aromatic heterocycles. The Kier molecular flexibility index (Phi) is 8.05. The van der Waals surface area contributed by atoms with E-state index < -0.39 is 0 Å². The molecule has 0 spiro atoms. The van der Waals surface area contributed by atoms with Crippen LogP contribution in [0.1, 0.15) is 46.0 Å². The molecule has 3 N–H and O–H groups in total. The van der Waals surface area contributed by atoms with E-state index in [4.69, 9.17) is 5.84 Å². The SMILES string of the molecule is C=CCCCC(NN)C(C)CCC. The van der Waals surface area contributed by atoms with Crippen molar-refractivity contribution in [3.63, 3.8) is 0 Å². The van der Waals surface area contributed by atoms with Crippen molar-refractivity contribution in [3.05, 3.63) is 12.7 Å². The third-order valence-electron chi connectivity index (χ3n) is 2.57. The molecule has 13 heavy (non-hydrogen) atoms. The van der Waals surface area contributed by atoms with Gasteiger partial charge in [0.25, 0.3) is 0 Å². The van der Waals surface area contributed by atoms with Gasteiger partial charge in [0.2, 0.25) is 0 Å². The zero-order valence-corrected chi connectivity index (χ0v) is 9.05. The lowest BCUT2D eigenvalue weighted by Gasteiger charge is -2.22. The third-order valence-corrected chi connectivity index (χ3v) is 2.57. The Balaban J connectivity index is 3.65. The first kappa shape index (κ1) is 12.7. The first-order valence-corrected chi connectivity index (χ1v) is 5.33. The number of allylic oxidation sites excluding steroid dienone is 1. The van der Waals surface area contributed by atoms with Crippen LogP contribution in [0.5, 0.6) is 0 Å². The van der Waals surface area contributed by atoms with E-state index in [1.54, 1.807) is 0 Å². The van der Waals surface area contributed by atoms with Crippen LogP contribution in [0.25, 0.3) is 0 Å². The maximum absolute atomic E-state index is 5.51. The Hall–Kier alpha value is -0.340. The summed E-state index contributed by atoms with van der Waals surface area (Å²) in [5, 5.41) is 0. The van der Waals surface area contributed by atoms with Crippen LogP contribution in [0.4, 0.5) is 0 Å². The minimum Gasteiger partial charge on any atom is -0.271 e. The van der Waals surface area contributed by atoms with Crippen LogP contribution in [0.3, 0.4) is 0 Å². The summed E-state index contributed by atoms with van der Waals surface area (Å²) in [5.41, 5.74) is 2.91. The molecule has 0 fully saturated rings. The van der Waals surface area contributed by atoms with E-state index in [9.17, 15) is 0 Å². The fourth-order valence-electron chi connectivity index (χ4n) is 1.67. The van der Waals surface area contributed by atoms with Crippen LogP contribution in [0.2, 0.25) is 0 Å². The molecule has 0 aromatic carbocycles. The van der Waals surface area contributed by atoms with Crippen molar-refractivity contribution in [1.29, 1.82) is 0 Å². The molecule has 0 rings (SSSR count). The van der Waals surface area contributed by atoms with E-state index in [0.29, 0.717) is 12.0 Å². The molecular weight excluding hydrogens is 160 g/mol. The highest BCUT2D eigenvalue weighted by molar-refractivity contribution is 4.73. The molecule has 2 heteroatoms. The number of nitrogens with two attached hydrogens (primary N) is 1. The molecule has 2 nitrogen and oxygen atoms in total. The lowest BCUT2D eigenvalue weighted by Crippen LogP contribution is -2.39. The zero-order valence-electron chi connectivity index (χ0n) is 9.05. The average molecular weight is 184 g/mol.